The van der Waals surface area contributed by atoms with Crippen LogP contribution in [0, 0.1) is 5.92 Å². The summed E-state index contributed by atoms with van der Waals surface area (Å²) < 4.78 is 6.80. The lowest BCUT2D eigenvalue weighted by atomic mass is 9.73. The quantitative estimate of drug-likeness (QED) is 0.564. The van der Waals surface area contributed by atoms with Gasteiger partial charge in [-0.2, -0.15) is 0 Å². The van der Waals surface area contributed by atoms with Gasteiger partial charge < -0.3 is 4.74 Å². The number of allylic oxidation sites excluding steroid dienone is 3. The minimum absolute atomic E-state index is 0.147. The zero-order chi connectivity index (χ0) is 18.1. The van der Waals surface area contributed by atoms with E-state index in [0.717, 1.165) is 12.8 Å². The molecule has 0 fully saturated rings. The maximum Gasteiger partial charge on any atom is 0.131 e. The highest BCUT2D eigenvalue weighted by Crippen LogP contribution is 2.51. The summed E-state index contributed by atoms with van der Waals surface area (Å²) in [6.45, 7) is 0. The van der Waals surface area contributed by atoms with Crippen molar-refractivity contribution < 1.29 is 4.74 Å². The monoisotopic (exact) mass is 354 g/mol. The molecule has 0 saturated carbocycles. The van der Waals surface area contributed by atoms with Crippen LogP contribution in [0.25, 0.3) is 6.08 Å². The minimum atomic E-state index is 0.147. The molecule has 0 N–H and O–H groups in total. The number of hydrogen-bond donors (Lipinski definition) is 0. The van der Waals surface area contributed by atoms with Gasteiger partial charge in [-0.15, -0.1) is 0 Å². The maximum atomic E-state index is 6.80. The summed E-state index contributed by atoms with van der Waals surface area (Å²) in [7, 11) is 0. The van der Waals surface area contributed by atoms with E-state index in [-0.39, 0.29) is 6.10 Å². The van der Waals surface area contributed by atoms with Crippen molar-refractivity contribution in [2.24, 2.45) is 5.92 Å². The van der Waals surface area contributed by atoms with E-state index in [2.05, 4.69) is 72.8 Å². The molecular weight excluding hydrogens is 328 g/mol. The molecule has 5 rings (SSSR count). The SMILES string of the molecule is C1=C2C3=C(O[C@H](c4ccccc4)[C@@H]2CCC1)/C(=C/c1ccccc1)CCC3. The first-order valence-electron chi connectivity index (χ1n) is 10.3. The van der Waals surface area contributed by atoms with E-state index >= 15 is 0 Å². The highest BCUT2D eigenvalue weighted by Gasteiger charge is 2.39. The minimum Gasteiger partial charge on any atom is -0.485 e. The second-order valence-corrected chi connectivity index (χ2v) is 7.89. The van der Waals surface area contributed by atoms with E-state index in [4.69, 9.17) is 4.74 Å². The third-order valence-electron chi connectivity index (χ3n) is 6.15. The van der Waals surface area contributed by atoms with Crippen molar-refractivity contribution in [3.8, 4) is 0 Å². The molecule has 0 aromatic heterocycles. The molecule has 0 amide bonds. The van der Waals surface area contributed by atoms with Crippen LogP contribution >= 0.6 is 0 Å². The van der Waals surface area contributed by atoms with Crippen LogP contribution < -0.4 is 0 Å². The Bertz CT molecular complexity index is 902. The highest BCUT2D eigenvalue weighted by atomic mass is 16.5. The van der Waals surface area contributed by atoms with E-state index in [1.54, 1.807) is 5.57 Å². The Morgan fingerprint density at radius 1 is 0.852 bits per heavy atom. The van der Waals surface area contributed by atoms with Crippen LogP contribution in [0.3, 0.4) is 0 Å². The predicted octanol–water partition coefficient (Wildman–Crippen LogP) is 7.01. The fourth-order valence-corrected chi connectivity index (χ4v) is 4.90. The summed E-state index contributed by atoms with van der Waals surface area (Å²) in [5.74, 6) is 1.68. The maximum absolute atomic E-state index is 6.80. The van der Waals surface area contributed by atoms with E-state index in [0.29, 0.717) is 5.92 Å². The van der Waals surface area contributed by atoms with Crippen molar-refractivity contribution in [1.82, 2.24) is 0 Å². The molecular formula is C26H26O. The highest BCUT2D eigenvalue weighted by molar-refractivity contribution is 5.61. The Labute approximate surface area is 162 Å². The zero-order valence-electron chi connectivity index (χ0n) is 15.7. The Balaban J connectivity index is 1.60. The summed E-state index contributed by atoms with van der Waals surface area (Å²) in [6, 6.07) is 21.5. The van der Waals surface area contributed by atoms with Gasteiger partial charge >= 0.3 is 0 Å². The van der Waals surface area contributed by atoms with Crippen molar-refractivity contribution in [1.29, 1.82) is 0 Å². The molecule has 0 spiro atoms. The van der Waals surface area contributed by atoms with E-state index in [1.807, 2.05) is 0 Å². The van der Waals surface area contributed by atoms with Gasteiger partial charge in [0.25, 0.3) is 0 Å². The molecule has 2 atom stereocenters. The summed E-state index contributed by atoms with van der Waals surface area (Å²) >= 11 is 0. The zero-order valence-corrected chi connectivity index (χ0v) is 15.7. The molecule has 1 heterocycles. The molecule has 2 aromatic rings. The molecule has 1 heteroatoms. The molecule has 136 valence electrons. The molecule has 27 heavy (non-hydrogen) atoms. The van der Waals surface area contributed by atoms with Gasteiger partial charge in [0.05, 0.1) is 0 Å². The lowest BCUT2D eigenvalue weighted by Gasteiger charge is -2.41. The van der Waals surface area contributed by atoms with Gasteiger partial charge in [0.1, 0.15) is 11.9 Å². The second kappa shape index (κ2) is 7.23. The molecule has 0 radical (unpaired) electrons. The summed E-state index contributed by atoms with van der Waals surface area (Å²) in [5, 5.41) is 0. The van der Waals surface area contributed by atoms with Crippen molar-refractivity contribution in [3.63, 3.8) is 0 Å². The Kier molecular flexibility index (Phi) is 4.45. The first-order chi connectivity index (χ1) is 13.4. The van der Waals surface area contributed by atoms with Crippen LogP contribution in [0.15, 0.2) is 89.2 Å². The fraction of sp³-hybridized carbons (Fsp3) is 0.308. The number of benzene rings is 2. The third kappa shape index (κ3) is 3.16. The molecule has 0 bridgehead atoms. The molecule has 1 aliphatic heterocycles. The van der Waals surface area contributed by atoms with Gasteiger partial charge in [0.2, 0.25) is 0 Å². The van der Waals surface area contributed by atoms with Crippen LogP contribution in [0.2, 0.25) is 0 Å². The standard InChI is InChI=1S/C26H26O/c1-3-10-19(11-4-1)18-21-14-9-17-24-22-15-7-8-16-23(22)25(27-26(21)24)20-12-5-2-6-13-20/h1-6,10-13,15,18,23,25H,7-9,14,16-17H2/b21-18+/t23-,25-/m1/s1. The first kappa shape index (κ1) is 16.6. The van der Waals surface area contributed by atoms with Gasteiger partial charge in [0, 0.05) is 5.92 Å². The normalized spacial score (nSPS) is 26.1. The lowest BCUT2D eigenvalue weighted by molar-refractivity contribution is 0.0581. The summed E-state index contributed by atoms with van der Waals surface area (Å²) in [6.07, 6.45) is 12.2. The molecule has 1 nitrogen and oxygen atoms in total. The Hall–Kier alpha value is -2.54. The van der Waals surface area contributed by atoms with Gasteiger partial charge in [-0.3, -0.25) is 0 Å². The molecule has 3 aliphatic rings. The number of fused-ring (bicyclic) bond motifs is 2. The Morgan fingerprint density at radius 3 is 2.44 bits per heavy atom. The molecule has 2 aliphatic carbocycles. The van der Waals surface area contributed by atoms with Crippen molar-refractivity contribution >= 4 is 6.08 Å². The molecule has 0 saturated heterocycles. The van der Waals surface area contributed by atoms with Gasteiger partial charge in [0.15, 0.2) is 0 Å². The van der Waals surface area contributed by atoms with Crippen LogP contribution in [0.1, 0.15) is 55.8 Å². The van der Waals surface area contributed by atoms with Gasteiger partial charge in [-0.25, -0.2) is 0 Å². The van der Waals surface area contributed by atoms with Crippen LogP contribution in [0.5, 0.6) is 0 Å². The predicted molar refractivity (Wildman–Crippen MR) is 111 cm³/mol. The van der Waals surface area contributed by atoms with Gasteiger partial charge in [-0.05, 0) is 72.4 Å². The largest absolute Gasteiger partial charge is 0.485 e. The Morgan fingerprint density at radius 2 is 1.63 bits per heavy atom. The fourth-order valence-electron chi connectivity index (χ4n) is 4.90. The molecule has 2 aromatic carbocycles. The number of ether oxygens (including phenoxy) is 1. The summed E-state index contributed by atoms with van der Waals surface area (Å²) in [5.41, 5.74) is 7.01. The second-order valence-electron chi connectivity index (χ2n) is 7.89. The number of rotatable bonds is 2. The summed E-state index contributed by atoms with van der Waals surface area (Å²) in [4.78, 5) is 0. The lowest BCUT2D eigenvalue weighted by Crippen LogP contribution is -2.28. The average molecular weight is 354 g/mol. The van der Waals surface area contributed by atoms with Gasteiger partial charge in [-0.1, -0.05) is 66.7 Å². The topological polar surface area (TPSA) is 9.23 Å². The third-order valence-corrected chi connectivity index (χ3v) is 6.15. The first-order valence-corrected chi connectivity index (χ1v) is 10.3. The van der Waals surface area contributed by atoms with E-state index in [9.17, 15) is 0 Å². The smallest absolute Gasteiger partial charge is 0.131 e. The van der Waals surface area contributed by atoms with Crippen LogP contribution in [-0.4, -0.2) is 0 Å². The molecule has 0 unspecified atom stereocenters. The van der Waals surface area contributed by atoms with Crippen molar-refractivity contribution in [3.05, 3.63) is 100 Å². The van der Waals surface area contributed by atoms with Crippen LogP contribution in [-0.2, 0) is 4.74 Å². The average Bonchev–Trinajstić information content (AvgIpc) is 2.75. The van der Waals surface area contributed by atoms with E-state index < -0.39 is 0 Å². The van der Waals surface area contributed by atoms with Crippen molar-refractivity contribution in [2.75, 3.05) is 0 Å². The van der Waals surface area contributed by atoms with E-state index in [1.165, 1.54) is 53.7 Å². The number of hydrogen-bond acceptors (Lipinski definition) is 1. The van der Waals surface area contributed by atoms with Crippen molar-refractivity contribution in [2.45, 2.75) is 44.6 Å². The van der Waals surface area contributed by atoms with Crippen LogP contribution in [0.4, 0.5) is 0 Å².